The van der Waals surface area contributed by atoms with Crippen LogP contribution in [-0.2, 0) is 13.0 Å². The van der Waals surface area contributed by atoms with Gasteiger partial charge in [0.25, 0.3) is 11.5 Å². The number of hydrogen-bond acceptors (Lipinski definition) is 4. The number of H-pyrrole nitrogens is 1. The van der Waals surface area contributed by atoms with E-state index in [1.54, 1.807) is 29.0 Å². The van der Waals surface area contributed by atoms with Gasteiger partial charge in [-0.05, 0) is 17.5 Å². The summed E-state index contributed by atoms with van der Waals surface area (Å²) in [6.07, 6.45) is 2.35. The van der Waals surface area contributed by atoms with Gasteiger partial charge in [0, 0.05) is 23.4 Å². The van der Waals surface area contributed by atoms with Crippen LogP contribution >= 0.6 is 0 Å². The third-order valence-electron chi connectivity index (χ3n) is 4.79. The zero-order valence-electron chi connectivity index (χ0n) is 16.9. The second-order valence-corrected chi connectivity index (χ2v) is 7.66. The van der Waals surface area contributed by atoms with Gasteiger partial charge >= 0.3 is 0 Å². The summed E-state index contributed by atoms with van der Waals surface area (Å²) in [5.41, 5.74) is 1.24. The first kappa shape index (κ1) is 19.6. The molecule has 2 aromatic carbocycles. The predicted molar refractivity (Wildman–Crippen MR) is 117 cm³/mol. The first-order chi connectivity index (χ1) is 14.5. The maximum absolute atomic E-state index is 13.1. The van der Waals surface area contributed by atoms with Crippen LogP contribution in [0.5, 0.6) is 0 Å². The summed E-state index contributed by atoms with van der Waals surface area (Å²) in [5, 5.41) is 10.8. The fraction of sp³-hybridized carbons (Fsp3) is 0.217. The summed E-state index contributed by atoms with van der Waals surface area (Å²) in [6, 6.07) is 16.8. The fourth-order valence-corrected chi connectivity index (χ4v) is 3.42. The Morgan fingerprint density at radius 2 is 1.77 bits per heavy atom. The second kappa shape index (κ2) is 8.32. The van der Waals surface area contributed by atoms with E-state index >= 15 is 0 Å². The third kappa shape index (κ3) is 4.15. The van der Waals surface area contributed by atoms with Crippen molar-refractivity contribution in [2.75, 3.05) is 5.32 Å². The van der Waals surface area contributed by atoms with Crippen LogP contribution in [0, 0.1) is 5.92 Å². The van der Waals surface area contributed by atoms with Gasteiger partial charge in [0.2, 0.25) is 5.95 Å². The number of carbonyl (C=O) groups is 1. The van der Waals surface area contributed by atoms with E-state index in [1.807, 2.05) is 36.4 Å². The number of anilines is 1. The molecule has 4 aromatic rings. The molecule has 2 heterocycles. The Balaban J connectivity index is 1.70. The summed E-state index contributed by atoms with van der Waals surface area (Å²) in [6.45, 7) is 4.55. The molecule has 0 saturated carbocycles. The number of fused-ring (bicyclic) bond motifs is 1. The van der Waals surface area contributed by atoms with E-state index in [9.17, 15) is 9.59 Å². The minimum atomic E-state index is -0.358. The standard InChI is InChI=1S/C23H23N5O2/c1-15(2)12-20-24-23(27-26-20)25-21(29)19-14-28(13-16-8-4-3-5-9-16)22(30)18-11-7-6-10-17(18)19/h3-11,14-15H,12-13H2,1-2H3,(H2,24,25,26,27,29). The number of aromatic amines is 1. The predicted octanol–water partition coefficient (Wildman–Crippen LogP) is 3.62. The van der Waals surface area contributed by atoms with E-state index in [-0.39, 0.29) is 17.4 Å². The van der Waals surface area contributed by atoms with Crippen molar-refractivity contribution in [2.45, 2.75) is 26.8 Å². The van der Waals surface area contributed by atoms with Gasteiger partial charge in [-0.2, -0.15) is 4.98 Å². The molecular formula is C23H23N5O2. The molecule has 7 heteroatoms. The number of hydrogen-bond donors (Lipinski definition) is 2. The Morgan fingerprint density at radius 1 is 1.07 bits per heavy atom. The number of carbonyl (C=O) groups excluding carboxylic acids is 1. The topological polar surface area (TPSA) is 92.7 Å². The van der Waals surface area contributed by atoms with Crippen LogP contribution in [0.15, 0.2) is 65.6 Å². The van der Waals surface area contributed by atoms with Crippen LogP contribution in [0.2, 0.25) is 0 Å². The molecule has 0 aliphatic heterocycles. The summed E-state index contributed by atoms with van der Waals surface area (Å²) in [7, 11) is 0. The average molecular weight is 401 g/mol. The largest absolute Gasteiger partial charge is 0.310 e. The van der Waals surface area contributed by atoms with E-state index < -0.39 is 0 Å². The van der Waals surface area contributed by atoms with Crippen molar-refractivity contribution in [2.24, 2.45) is 5.92 Å². The summed E-state index contributed by atoms with van der Waals surface area (Å²) in [5.74, 6) is 1.01. The van der Waals surface area contributed by atoms with Gasteiger partial charge in [-0.15, -0.1) is 5.10 Å². The van der Waals surface area contributed by atoms with E-state index in [2.05, 4.69) is 34.3 Å². The van der Waals surface area contributed by atoms with Crippen molar-refractivity contribution >= 4 is 22.6 Å². The first-order valence-corrected chi connectivity index (χ1v) is 9.90. The molecule has 30 heavy (non-hydrogen) atoms. The van der Waals surface area contributed by atoms with E-state index in [0.29, 0.717) is 28.8 Å². The normalized spacial score (nSPS) is 11.2. The number of aromatic nitrogens is 4. The maximum Gasteiger partial charge on any atom is 0.260 e. The molecule has 0 fully saturated rings. The van der Waals surface area contributed by atoms with E-state index in [0.717, 1.165) is 17.8 Å². The van der Waals surface area contributed by atoms with Crippen molar-refractivity contribution in [3.63, 3.8) is 0 Å². The summed E-state index contributed by atoms with van der Waals surface area (Å²) >= 11 is 0. The Bertz CT molecular complexity index is 1240. The van der Waals surface area contributed by atoms with Crippen molar-refractivity contribution in [1.82, 2.24) is 19.7 Å². The molecule has 152 valence electrons. The van der Waals surface area contributed by atoms with Gasteiger partial charge in [-0.1, -0.05) is 62.4 Å². The van der Waals surface area contributed by atoms with Gasteiger partial charge < -0.3 is 4.57 Å². The Kier molecular flexibility index (Phi) is 5.43. The zero-order valence-corrected chi connectivity index (χ0v) is 16.9. The maximum atomic E-state index is 13.1. The molecule has 0 unspecified atom stereocenters. The lowest BCUT2D eigenvalue weighted by molar-refractivity contribution is 0.102. The molecule has 4 rings (SSSR count). The number of nitrogens with zero attached hydrogens (tertiary/aromatic N) is 3. The SMILES string of the molecule is CC(C)Cc1nc(NC(=O)c2cn(Cc3ccccc3)c(=O)c3ccccc23)n[nH]1. The van der Waals surface area contributed by atoms with Crippen molar-refractivity contribution in [3.8, 4) is 0 Å². The Morgan fingerprint density at radius 3 is 2.50 bits per heavy atom. The van der Waals surface area contributed by atoms with Gasteiger partial charge in [-0.3, -0.25) is 20.0 Å². The average Bonchev–Trinajstić information content (AvgIpc) is 3.16. The number of pyridine rings is 1. The highest BCUT2D eigenvalue weighted by Crippen LogP contribution is 2.17. The minimum absolute atomic E-state index is 0.136. The van der Waals surface area contributed by atoms with E-state index in [1.165, 1.54) is 0 Å². The molecule has 0 saturated heterocycles. The smallest absolute Gasteiger partial charge is 0.260 e. The Labute approximate surface area is 173 Å². The molecule has 0 radical (unpaired) electrons. The quantitative estimate of drug-likeness (QED) is 0.516. The molecule has 7 nitrogen and oxygen atoms in total. The summed E-state index contributed by atoms with van der Waals surface area (Å²) < 4.78 is 1.56. The molecule has 0 spiro atoms. The van der Waals surface area contributed by atoms with Crippen molar-refractivity contribution in [1.29, 1.82) is 0 Å². The number of nitrogens with one attached hydrogen (secondary N) is 2. The van der Waals surface area contributed by atoms with Crippen LogP contribution in [-0.4, -0.2) is 25.7 Å². The molecule has 0 aliphatic rings. The lowest BCUT2D eigenvalue weighted by Crippen LogP contribution is -2.24. The van der Waals surface area contributed by atoms with Gasteiger partial charge in [0.15, 0.2) is 0 Å². The van der Waals surface area contributed by atoms with Crippen LogP contribution in [0.25, 0.3) is 10.8 Å². The minimum Gasteiger partial charge on any atom is -0.310 e. The van der Waals surface area contributed by atoms with Crippen LogP contribution in [0.4, 0.5) is 5.95 Å². The van der Waals surface area contributed by atoms with Crippen molar-refractivity contribution in [3.05, 3.63) is 88.1 Å². The van der Waals surface area contributed by atoms with Gasteiger partial charge in [0.1, 0.15) is 5.82 Å². The number of benzene rings is 2. The zero-order chi connectivity index (χ0) is 21.1. The monoisotopic (exact) mass is 401 g/mol. The van der Waals surface area contributed by atoms with Crippen LogP contribution in [0.1, 0.15) is 35.6 Å². The fourth-order valence-electron chi connectivity index (χ4n) is 3.42. The second-order valence-electron chi connectivity index (χ2n) is 7.66. The number of rotatable bonds is 6. The van der Waals surface area contributed by atoms with Crippen molar-refractivity contribution < 1.29 is 4.79 Å². The lowest BCUT2D eigenvalue weighted by atomic mass is 10.1. The number of amides is 1. The highest BCUT2D eigenvalue weighted by atomic mass is 16.2. The van der Waals surface area contributed by atoms with Crippen LogP contribution in [0.3, 0.4) is 0 Å². The van der Waals surface area contributed by atoms with Crippen LogP contribution < -0.4 is 10.9 Å². The van der Waals surface area contributed by atoms with E-state index in [4.69, 9.17) is 0 Å². The Hall–Kier alpha value is -3.74. The molecule has 2 N–H and O–H groups in total. The molecule has 2 aromatic heterocycles. The highest BCUT2D eigenvalue weighted by molar-refractivity contribution is 6.12. The molecule has 0 aliphatic carbocycles. The van der Waals surface area contributed by atoms with Gasteiger partial charge in [0.05, 0.1) is 12.1 Å². The molecule has 0 atom stereocenters. The third-order valence-corrected chi connectivity index (χ3v) is 4.79. The molecular weight excluding hydrogens is 378 g/mol. The first-order valence-electron chi connectivity index (χ1n) is 9.90. The highest BCUT2D eigenvalue weighted by Gasteiger charge is 2.17. The molecule has 0 bridgehead atoms. The molecule has 1 amide bonds. The summed E-state index contributed by atoms with van der Waals surface area (Å²) in [4.78, 5) is 30.4. The van der Waals surface area contributed by atoms with Gasteiger partial charge in [-0.25, -0.2) is 0 Å². The lowest BCUT2D eigenvalue weighted by Gasteiger charge is -2.12.